The fraction of sp³-hybridized carbons (Fsp3) is 0.118. The first kappa shape index (κ1) is 10.6. The number of aldehydes is 1. The Kier molecular flexibility index (Phi) is 2.12. The van der Waals surface area contributed by atoms with Gasteiger partial charge in [-0.15, -0.1) is 0 Å². The Bertz CT molecular complexity index is 786. The van der Waals surface area contributed by atoms with E-state index in [1.165, 1.54) is 21.9 Å². The molecule has 0 radical (unpaired) electrons. The van der Waals surface area contributed by atoms with Crippen molar-refractivity contribution in [3.05, 3.63) is 59.4 Å². The number of carbonyl (C=O) groups is 1. The van der Waals surface area contributed by atoms with Crippen LogP contribution in [0.1, 0.15) is 21.7 Å². The largest absolute Gasteiger partial charge is 0.453 e. The second-order valence-corrected chi connectivity index (χ2v) is 4.93. The Hall–Kier alpha value is -2.35. The third kappa shape index (κ3) is 1.46. The highest BCUT2D eigenvalue weighted by Gasteiger charge is 2.17. The molecule has 0 saturated carbocycles. The monoisotopic (exact) mass is 248 g/mol. The lowest BCUT2D eigenvalue weighted by Crippen LogP contribution is -1.83. The molecular formula is C17H12O2. The topological polar surface area (TPSA) is 30.2 Å². The third-order valence-electron chi connectivity index (χ3n) is 3.89. The summed E-state index contributed by atoms with van der Waals surface area (Å²) in [6, 6.07) is 14.3. The highest BCUT2D eigenvalue weighted by Crippen LogP contribution is 2.37. The van der Waals surface area contributed by atoms with Crippen LogP contribution >= 0.6 is 0 Å². The molecule has 0 atom stereocenters. The predicted octanol–water partition coefficient (Wildman–Crippen LogP) is 4.01. The number of hydrogen-bond acceptors (Lipinski definition) is 2. The molecule has 0 unspecified atom stereocenters. The minimum Gasteiger partial charge on any atom is -0.453 e. The molecule has 2 aromatic carbocycles. The molecule has 3 aromatic rings. The van der Waals surface area contributed by atoms with Gasteiger partial charge in [0.25, 0.3) is 0 Å². The molecule has 1 aromatic heterocycles. The van der Waals surface area contributed by atoms with Crippen LogP contribution in [0.2, 0.25) is 0 Å². The Labute approximate surface area is 110 Å². The van der Waals surface area contributed by atoms with Crippen LogP contribution in [0.4, 0.5) is 0 Å². The lowest BCUT2D eigenvalue weighted by Gasteiger charge is -2.06. The van der Waals surface area contributed by atoms with E-state index >= 15 is 0 Å². The fourth-order valence-electron chi connectivity index (χ4n) is 3.02. The van der Waals surface area contributed by atoms with E-state index in [9.17, 15) is 4.79 Å². The number of aryl methyl sites for hydroxylation is 2. The quantitative estimate of drug-likeness (QED) is 0.641. The summed E-state index contributed by atoms with van der Waals surface area (Å²) < 4.78 is 5.56. The van der Waals surface area contributed by atoms with Crippen LogP contribution in [-0.2, 0) is 12.8 Å². The first-order valence-electron chi connectivity index (χ1n) is 6.46. The van der Waals surface area contributed by atoms with Crippen molar-refractivity contribution in [3.8, 4) is 11.3 Å². The Morgan fingerprint density at radius 2 is 1.79 bits per heavy atom. The fourth-order valence-corrected chi connectivity index (χ4v) is 3.02. The summed E-state index contributed by atoms with van der Waals surface area (Å²) in [5.74, 6) is 1.14. The van der Waals surface area contributed by atoms with E-state index in [0.29, 0.717) is 5.76 Å². The summed E-state index contributed by atoms with van der Waals surface area (Å²) in [6.07, 6.45) is 2.98. The van der Waals surface area contributed by atoms with E-state index in [4.69, 9.17) is 4.42 Å². The number of benzene rings is 2. The normalized spacial score (nSPS) is 13.1. The van der Waals surface area contributed by atoms with Gasteiger partial charge in [0.2, 0.25) is 0 Å². The summed E-state index contributed by atoms with van der Waals surface area (Å²) >= 11 is 0. The van der Waals surface area contributed by atoms with Crippen LogP contribution in [0.5, 0.6) is 0 Å². The Balaban J connectivity index is 2.03. The lowest BCUT2D eigenvalue weighted by atomic mass is 9.99. The Morgan fingerprint density at radius 1 is 0.947 bits per heavy atom. The van der Waals surface area contributed by atoms with Crippen molar-refractivity contribution in [2.24, 2.45) is 0 Å². The van der Waals surface area contributed by atoms with Crippen LogP contribution < -0.4 is 0 Å². The molecule has 0 fully saturated rings. The van der Waals surface area contributed by atoms with Crippen LogP contribution in [0.25, 0.3) is 22.1 Å². The maximum absolute atomic E-state index is 10.7. The van der Waals surface area contributed by atoms with Crippen molar-refractivity contribution >= 4 is 17.1 Å². The van der Waals surface area contributed by atoms with E-state index in [0.717, 1.165) is 30.5 Å². The van der Waals surface area contributed by atoms with Gasteiger partial charge in [0.05, 0.1) is 0 Å². The molecule has 0 N–H and O–H groups in total. The van der Waals surface area contributed by atoms with Crippen LogP contribution in [0.15, 0.2) is 46.9 Å². The van der Waals surface area contributed by atoms with Crippen molar-refractivity contribution in [1.29, 1.82) is 0 Å². The van der Waals surface area contributed by atoms with Gasteiger partial charge in [0.1, 0.15) is 5.76 Å². The van der Waals surface area contributed by atoms with E-state index in [2.05, 4.69) is 30.3 Å². The SMILES string of the molecule is O=Cc1ccc(-c2ccc3c4c(cccc24)CC3)o1. The zero-order valence-corrected chi connectivity index (χ0v) is 10.3. The molecule has 0 saturated heterocycles. The number of rotatable bonds is 2. The number of furan rings is 1. The maximum Gasteiger partial charge on any atom is 0.185 e. The molecule has 1 aliphatic carbocycles. The van der Waals surface area contributed by atoms with Gasteiger partial charge in [-0.1, -0.05) is 30.3 Å². The van der Waals surface area contributed by atoms with Gasteiger partial charge >= 0.3 is 0 Å². The van der Waals surface area contributed by atoms with Gasteiger partial charge in [0.15, 0.2) is 12.0 Å². The van der Waals surface area contributed by atoms with Gasteiger partial charge in [0, 0.05) is 5.56 Å². The Morgan fingerprint density at radius 3 is 2.58 bits per heavy atom. The summed E-state index contributed by atoms with van der Waals surface area (Å²) in [5, 5.41) is 2.59. The highest BCUT2D eigenvalue weighted by molar-refractivity contribution is 6.00. The highest BCUT2D eigenvalue weighted by atomic mass is 16.3. The molecule has 4 rings (SSSR count). The van der Waals surface area contributed by atoms with Crippen molar-refractivity contribution in [3.63, 3.8) is 0 Å². The molecule has 0 spiro atoms. The molecule has 0 bridgehead atoms. The van der Waals surface area contributed by atoms with Gasteiger partial charge < -0.3 is 4.42 Å². The summed E-state index contributed by atoms with van der Waals surface area (Å²) in [6.45, 7) is 0. The van der Waals surface area contributed by atoms with Crippen LogP contribution in [0.3, 0.4) is 0 Å². The smallest absolute Gasteiger partial charge is 0.185 e. The molecule has 1 aliphatic rings. The minimum absolute atomic E-state index is 0.373. The summed E-state index contributed by atoms with van der Waals surface area (Å²) in [5.41, 5.74) is 3.89. The molecule has 2 heteroatoms. The molecule has 1 heterocycles. The van der Waals surface area contributed by atoms with Crippen molar-refractivity contribution in [2.45, 2.75) is 12.8 Å². The molecule has 92 valence electrons. The van der Waals surface area contributed by atoms with Crippen molar-refractivity contribution in [1.82, 2.24) is 0 Å². The van der Waals surface area contributed by atoms with Gasteiger partial charge in [-0.3, -0.25) is 4.79 Å². The second-order valence-electron chi connectivity index (χ2n) is 4.93. The maximum atomic E-state index is 10.7. The molecule has 19 heavy (non-hydrogen) atoms. The molecule has 2 nitrogen and oxygen atoms in total. The predicted molar refractivity (Wildman–Crippen MR) is 74.4 cm³/mol. The molecule has 0 aliphatic heterocycles. The van der Waals surface area contributed by atoms with Gasteiger partial charge in [-0.05, 0) is 46.9 Å². The first-order chi connectivity index (χ1) is 9.36. The minimum atomic E-state index is 0.373. The number of hydrogen-bond donors (Lipinski definition) is 0. The zero-order valence-electron chi connectivity index (χ0n) is 10.3. The van der Waals surface area contributed by atoms with Gasteiger partial charge in [-0.2, -0.15) is 0 Å². The van der Waals surface area contributed by atoms with E-state index < -0.39 is 0 Å². The van der Waals surface area contributed by atoms with E-state index in [1.807, 2.05) is 6.07 Å². The first-order valence-corrected chi connectivity index (χ1v) is 6.46. The zero-order chi connectivity index (χ0) is 12.8. The third-order valence-corrected chi connectivity index (χ3v) is 3.89. The lowest BCUT2D eigenvalue weighted by molar-refractivity contribution is 0.110. The van der Waals surface area contributed by atoms with Crippen LogP contribution in [-0.4, -0.2) is 6.29 Å². The average Bonchev–Trinajstić information content (AvgIpc) is 3.08. The van der Waals surface area contributed by atoms with Crippen molar-refractivity contribution < 1.29 is 9.21 Å². The average molecular weight is 248 g/mol. The second kappa shape index (κ2) is 3.82. The van der Waals surface area contributed by atoms with E-state index in [-0.39, 0.29) is 0 Å². The van der Waals surface area contributed by atoms with Crippen molar-refractivity contribution in [2.75, 3.05) is 0 Å². The van der Waals surface area contributed by atoms with Crippen LogP contribution in [0, 0.1) is 0 Å². The standard InChI is InChI=1S/C17H12O2/c18-10-13-7-9-16(19-13)14-8-6-12-5-4-11-2-1-3-15(14)17(11)12/h1-3,6-10H,4-5H2. The van der Waals surface area contributed by atoms with Gasteiger partial charge in [-0.25, -0.2) is 0 Å². The van der Waals surface area contributed by atoms with E-state index in [1.54, 1.807) is 6.07 Å². The molecular weight excluding hydrogens is 236 g/mol. The number of carbonyl (C=O) groups excluding carboxylic acids is 1. The molecule has 0 amide bonds. The summed E-state index contributed by atoms with van der Waals surface area (Å²) in [7, 11) is 0. The summed E-state index contributed by atoms with van der Waals surface area (Å²) in [4.78, 5) is 10.7.